The largest absolute Gasteiger partial charge is 0.352 e. The Bertz CT molecular complexity index is 857. The number of fused-ring (bicyclic) bond motifs is 1. The maximum Gasteiger partial charge on any atom is 0.257 e. The Morgan fingerprint density at radius 1 is 1.29 bits per heavy atom. The van der Waals surface area contributed by atoms with E-state index in [4.69, 9.17) is 0 Å². The molecular formula is C20H26N6O2. The molecule has 2 amide bonds. The quantitative estimate of drug-likeness (QED) is 0.821. The molecule has 2 aliphatic rings. The van der Waals surface area contributed by atoms with Gasteiger partial charge in [0.25, 0.3) is 11.8 Å². The van der Waals surface area contributed by atoms with Gasteiger partial charge in [0.15, 0.2) is 0 Å². The van der Waals surface area contributed by atoms with Crippen molar-refractivity contribution in [2.24, 2.45) is 5.92 Å². The Labute approximate surface area is 164 Å². The fourth-order valence-corrected chi connectivity index (χ4v) is 3.81. The Morgan fingerprint density at radius 3 is 2.82 bits per heavy atom. The minimum Gasteiger partial charge on any atom is -0.352 e. The van der Waals surface area contributed by atoms with Crippen LogP contribution in [-0.4, -0.2) is 76.2 Å². The van der Waals surface area contributed by atoms with E-state index in [1.165, 1.54) is 0 Å². The topological polar surface area (TPSA) is 83.4 Å². The van der Waals surface area contributed by atoms with Gasteiger partial charge in [0, 0.05) is 44.6 Å². The minimum absolute atomic E-state index is 0.0689. The molecule has 148 valence electrons. The number of hydrogen-bond acceptors (Lipinski definition) is 5. The summed E-state index contributed by atoms with van der Waals surface area (Å²) in [4.78, 5) is 33.1. The van der Waals surface area contributed by atoms with Crippen molar-refractivity contribution in [2.75, 3.05) is 33.7 Å². The third kappa shape index (κ3) is 3.64. The Morgan fingerprint density at radius 2 is 2.11 bits per heavy atom. The first-order chi connectivity index (χ1) is 13.5. The summed E-state index contributed by atoms with van der Waals surface area (Å²) in [5.74, 6) is 0.250. The van der Waals surface area contributed by atoms with Crippen LogP contribution in [0.4, 0.5) is 0 Å². The SMILES string of the molecule is CN(C)C1CN(C(=O)c2cnn3c2CC(CNC(=O)c2cccnc2)CC3)C1. The average molecular weight is 382 g/mol. The zero-order valence-corrected chi connectivity index (χ0v) is 16.3. The van der Waals surface area contributed by atoms with Crippen LogP contribution in [0, 0.1) is 5.92 Å². The number of hydrogen-bond donors (Lipinski definition) is 1. The van der Waals surface area contributed by atoms with E-state index in [2.05, 4.69) is 20.3 Å². The second kappa shape index (κ2) is 7.71. The Kier molecular flexibility index (Phi) is 5.13. The molecule has 0 spiro atoms. The lowest BCUT2D eigenvalue weighted by Gasteiger charge is -2.42. The summed E-state index contributed by atoms with van der Waals surface area (Å²) in [6.45, 7) is 2.89. The third-order valence-corrected chi connectivity index (χ3v) is 5.77. The van der Waals surface area contributed by atoms with Crippen molar-refractivity contribution in [1.29, 1.82) is 0 Å². The molecule has 4 heterocycles. The lowest BCUT2D eigenvalue weighted by atomic mass is 9.93. The van der Waals surface area contributed by atoms with E-state index in [0.717, 1.165) is 38.2 Å². The van der Waals surface area contributed by atoms with Crippen LogP contribution in [0.5, 0.6) is 0 Å². The maximum atomic E-state index is 12.9. The zero-order chi connectivity index (χ0) is 19.7. The summed E-state index contributed by atoms with van der Waals surface area (Å²) >= 11 is 0. The number of amides is 2. The molecular weight excluding hydrogens is 356 g/mol. The Hall–Kier alpha value is -2.74. The predicted molar refractivity (Wildman–Crippen MR) is 104 cm³/mol. The number of aromatic nitrogens is 3. The van der Waals surface area contributed by atoms with Crippen LogP contribution in [0.2, 0.25) is 0 Å². The van der Waals surface area contributed by atoms with E-state index in [1.807, 2.05) is 23.7 Å². The molecule has 0 radical (unpaired) electrons. The first kappa shape index (κ1) is 18.6. The van der Waals surface area contributed by atoms with Crippen molar-refractivity contribution in [3.05, 3.63) is 47.5 Å². The van der Waals surface area contributed by atoms with Crippen molar-refractivity contribution < 1.29 is 9.59 Å². The minimum atomic E-state index is -0.112. The molecule has 4 rings (SSSR count). The molecule has 1 saturated heterocycles. The standard InChI is InChI=1S/C20H26N6O2/c1-24(2)16-12-25(13-16)20(28)17-11-23-26-7-5-14(8-18(17)26)9-22-19(27)15-4-3-6-21-10-15/h3-4,6,10-11,14,16H,5,7-9,12-13H2,1-2H3,(H,22,27). The van der Waals surface area contributed by atoms with Gasteiger partial charge in [-0.1, -0.05) is 0 Å². The summed E-state index contributed by atoms with van der Waals surface area (Å²) in [7, 11) is 4.08. The van der Waals surface area contributed by atoms with Gasteiger partial charge in [0.05, 0.1) is 23.0 Å². The van der Waals surface area contributed by atoms with E-state index in [0.29, 0.717) is 29.6 Å². The lowest BCUT2D eigenvalue weighted by molar-refractivity contribution is 0.0397. The third-order valence-electron chi connectivity index (χ3n) is 5.77. The molecule has 0 saturated carbocycles. The van der Waals surface area contributed by atoms with Crippen molar-refractivity contribution in [2.45, 2.75) is 25.4 Å². The van der Waals surface area contributed by atoms with Gasteiger partial charge in [-0.15, -0.1) is 0 Å². The van der Waals surface area contributed by atoms with E-state index >= 15 is 0 Å². The molecule has 1 N–H and O–H groups in total. The van der Waals surface area contributed by atoms with E-state index in [9.17, 15) is 9.59 Å². The van der Waals surface area contributed by atoms with Gasteiger partial charge in [0.2, 0.25) is 0 Å². The molecule has 0 bridgehead atoms. The second-order valence-electron chi connectivity index (χ2n) is 7.87. The van der Waals surface area contributed by atoms with Gasteiger partial charge in [0.1, 0.15) is 0 Å². The van der Waals surface area contributed by atoms with E-state index in [-0.39, 0.29) is 11.8 Å². The summed E-state index contributed by atoms with van der Waals surface area (Å²) in [6, 6.07) is 3.94. The van der Waals surface area contributed by atoms with Crippen LogP contribution in [0.25, 0.3) is 0 Å². The van der Waals surface area contributed by atoms with Crippen LogP contribution >= 0.6 is 0 Å². The molecule has 8 nitrogen and oxygen atoms in total. The summed E-state index contributed by atoms with van der Waals surface area (Å²) in [6.07, 6.45) is 6.60. The van der Waals surface area contributed by atoms with Gasteiger partial charge in [-0.25, -0.2) is 0 Å². The number of likely N-dealkylation sites (N-methyl/N-ethyl adjacent to an activating group) is 1. The van der Waals surface area contributed by atoms with Gasteiger partial charge >= 0.3 is 0 Å². The van der Waals surface area contributed by atoms with Crippen molar-refractivity contribution in [3.8, 4) is 0 Å². The number of carbonyl (C=O) groups excluding carboxylic acids is 2. The van der Waals surface area contributed by atoms with Crippen LogP contribution in [0.15, 0.2) is 30.7 Å². The Balaban J connectivity index is 1.37. The second-order valence-corrected chi connectivity index (χ2v) is 7.87. The molecule has 1 unspecified atom stereocenters. The highest BCUT2D eigenvalue weighted by Gasteiger charge is 2.35. The average Bonchev–Trinajstić information content (AvgIpc) is 3.08. The van der Waals surface area contributed by atoms with E-state index in [1.54, 1.807) is 30.7 Å². The number of rotatable bonds is 5. The molecule has 28 heavy (non-hydrogen) atoms. The molecule has 2 aromatic heterocycles. The van der Waals surface area contributed by atoms with Crippen molar-refractivity contribution in [3.63, 3.8) is 0 Å². The number of nitrogens with one attached hydrogen (secondary N) is 1. The number of carbonyl (C=O) groups is 2. The molecule has 0 aliphatic carbocycles. The van der Waals surface area contributed by atoms with Crippen LogP contribution in [0.3, 0.4) is 0 Å². The first-order valence-electron chi connectivity index (χ1n) is 9.71. The van der Waals surface area contributed by atoms with Crippen molar-refractivity contribution >= 4 is 11.8 Å². The molecule has 2 aromatic rings. The number of pyridine rings is 1. The van der Waals surface area contributed by atoms with Gasteiger partial charge < -0.3 is 15.1 Å². The van der Waals surface area contributed by atoms with Crippen LogP contribution < -0.4 is 5.32 Å². The number of nitrogens with zero attached hydrogens (tertiary/aromatic N) is 5. The highest BCUT2D eigenvalue weighted by atomic mass is 16.2. The fourth-order valence-electron chi connectivity index (χ4n) is 3.81. The summed E-state index contributed by atoms with van der Waals surface area (Å²) in [5.41, 5.74) is 2.26. The normalized spacial score (nSPS) is 19.2. The first-order valence-corrected chi connectivity index (χ1v) is 9.71. The predicted octanol–water partition coefficient (Wildman–Crippen LogP) is 0.657. The van der Waals surface area contributed by atoms with Gasteiger partial charge in [-0.05, 0) is 45.0 Å². The molecule has 1 atom stereocenters. The van der Waals surface area contributed by atoms with E-state index < -0.39 is 0 Å². The smallest absolute Gasteiger partial charge is 0.257 e. The van der Waals surface area contributed by atoms with Crippen LogP contribution in [-0.2, 0) is 13.0 Å². The monoisotopic (exact) mass is 382 g/mol. The number of likely N-dealkylation sites (tertiary alicyclic amines) is 1. The number of aryl methyl sites for hydroxylation is 1. The fraction of sp³-hybridized carbons (Fsp3) is 0.500. The zero-order valence-electron chi connectivity index (χ0n) is 16.3. The maximum absolute atomic E-state index is 12.9. The summed E-state index contributed by atoms with van der Waals surface area (Å²) < 4.78 is 1.94. The van der Waals surface area contributed by atoms with Crippen LogP contribution in [0.1, 0.15) is 32.8 Å². The highest BCUT2D eigenvalue weighted by molar-refractivity contribution is 5.96. The molecule has 8 heteroatoms. The van der Waals surface area contributed by atoms with Gasteiger partial charge in [-0.2, -0.15) is 5.10 Å². The molecule has 1 fully saturated rings. The molecule has 0 aromatic carbocycles. The lowest BCUT2D eigenvalue weighted by Crippen LogP contribution is -2.59. The van der Waals surface area contributed by atoms with Gasteiger partial charge in [-0.3, -0.25) is 19.3 Å². The highest BCUT2D eigenvalue weighted by Crippen LogP contribution is 2.25. The molecule has 2 aliphatic heterocycles. The summed E-state index contributed by atoms with van der Waals surface area (Å²) in [5, 5.41) is 7.41. The van der Waals surface area contributed by atoms with Crippen molar-refractivity contribution in [1.82, 2.24) is 29.9 Å².